The van der Waals surface area contributed by atoms with Crippen LogP contribution in [0.2, 0.25) is 0 Å². The molecule has 0 aliphatic rings. The van der Waals surface area contributed by atoms with Gasteiger partial charge in [-0.2, -0.15) is 0 Å². The highest BCUT2D eigenvalue weighted by Gasteiger charge is 2.11. The molecule has 2 aromatic heterocycles. The maximum absolute atomic E-state index is 6.13. The molecular formula is C14H12N2O. The molecule has 0 bridgehead atoms. The van der Waals surface area contributed by atoms with Crippen molar-refractivity contribution >= 4 is 10.9 Å². The van der Waals surface area contributed by atoms with E-state index in [0.29, 0.717) is 0 Å². The molecule has 0 spiro atoms. The highest BCUT2D eigenvalue weighted by molar-refractivity contribution is 5.78. The zero-order valence-corrected chi connectivity index (χ0v) is 9.21. The maximum atomic E-state index is 6.13. The van der Waals surface area contributed by atoms with Crippen LogP contribution in [0, 0.1) is 0 Å². The molecule has 1 aromatic carbocycles. The Labute approximate surface area is 98.9 Å². The average molecular weight is 224 g/mol. The molecule has 0 saturated carbocycles. The number of hydrogen-bond acceptors (Lipinski definition) is 3. The van der Waals surface area contributed by atoms with Crippen LogP contribution in [0.25, 0.3) is 10.9 Å². The van der Waals surface area contributed by atoms with Crippen molar-refractivity contribution in [2.75, 3.05) is 0 Å². The van der Waals surface area contributed by atoms with E-state index in [4.69, 9.17) is 10.2 Å². The third-order valence-corrected chi connectivity index (χ3v) is 2.84. The molecular weight excluding hydrogens is 212 g/mol. The first-order valence-electron chi connectivity index (χ1n) is 5.48. The standard InChI is InChI=1S/C14H12N2O/c15-14(11-7-8-17-9-11)13-6-5-10-3-1-2-4-12(10)16-13/h1-9,14H,15H2. The van der Waals surface area contributed by atoms with Gasteiger partial charge in [0.05, 0.1) is 29.8 Å². The van der Waals surface area contributed by atoms with Crippen LogP contribution in [0.4, 0.5) is 0 Å². The number of nitrogens with two attached hydrogens (primary N) is 1. The molecule has 3 heteroatoms. The summed E-state index contributed by atoms with van der Waals surface area (Å²) in [5.74, 6) is 0. The summed E-state index contributed by atoms with van der Waals surface area (Å²) in [7, 11) is 0. The highest BCUT2D eigenvalue weighted by atomic mass is 16.3. The number of hydrogen-bond donors (Lipinski definition) is 1. The van der Waals surface area contributed by atoms with Crippen LogP contribution in [-0.2, 0) is 0 Å². The second-order valence-corrected chi connectivity index (χ2v) is 3.96. The second-order valence-electron chi connectivity index (χ2n) is 3.96. The van der Waals surface area contributed by atoms with Gasteiger partial charge in [-0.25, -0.2) is 0 Å². The van der Waals surface area contributed by atoms with Crippen LogP contribution >= 0.6 is 0 Å². The number of benzene rings is 1. The molecule has 3 rings (SSSR count). The summed E-state index contributed by atoms with van der Waals surface area (Å²) >= 11 is 0. The Morgan fingerprint density at radius 2 is 1.94 bits per heavy atom. The van der Waals surface area contributed by atoms with Crippen LogP contribution in [0.3, 0.4) is 0 Å². The Morgan fingerprint density at radius 1 is 1.06 bits per heavy atom. The quantitative estimate of drug-likeness (QED) is 0.728. The number of nitrogens with zero attached hydrogens (tertiary/aromatic N) is 1. The fourth-order valence-corrected chi connectivity index (χ4v) is 1.88. The minimum atomic E-state index is -0.238. The van der Waals surface area contributed by atoms with Crippen molar-refractivity contribution in [3.63, 3.8) is 0 Å². The Bertz CT molecular complexity index is 632. The average Bonchev–Trinajstić information content (AvgIpc) is 2.91. The van der Waals surface area contributed by atoms with Gasteiger partial charge >= 0.3 is 0 Å². The largest absolute Gasteiger partial charge is 0.472 e. The van der Waals surface area contributed by atoms with E-state index in [-0.39, 0.29) is 6.04 Å². The van der Waals surface area contributed by atoms with Gasteiger partial charge in [-0.3, -0.25) is 4.98 Å². The topological polar surface area (TPSA) is 52.0 Å². The number of aromatic nitrogens is 1. The lowest BCUT2D eigenvalue weighted by Gasteiger charge is -2.09. The van der Waals surface area contributed by atoms with Crippen molar-refractivity contribution < 1.29 is 4.42 Å². The van der Waals surface area contributed by atoms with Gasteiger partial charge in [0.15, 0.2) is 0 Å². The molecule has 0 saturated heterocycles. The first-order valence-corrected chi connectivity index (χ1v) is 5.48. The summed E-state index contributed by atoms with van der Waals surface area (Å²) < 4.78 is 5.04. The maximum Gasteiger partial charge on any atom is 0.0954 e. The fraction of sp³-hybridized carbons (Fsp3) is 0.0714. The lowest BCUT2D eigenvalue weighted by molar-refractivity contribution is 0.561. The van der Waals surface area contributed by atoms with Crippen LogP contribution in [0.1, 0.15) is 17.3 Å². The summed E-state index contributed by atoms with van der Waals surface area (Å²) in [5, 5.41) is 1.12. The lowest BCUT2D eigenvalue weighted by atomic mass is 10.1. The minimum absolute atomic E-state index is 0.238. The summed E-state index contributed by atoms with van der Waals surface area (Å²) in [6.07, 6.45) is 3.28. The normalized spacial score (nSPS) is 12.8. The molecule has 2 N–H and O–H groups in total. The third kappa shape index (κ3) is 1.81. The lowest BCUT2D eigenvalue weighted by Crippen LogP contribution is -2.12. The number of furan rings is 1. The van der Waals surface area contributed by atoms with Crippen LogP contribution in [-0.4, -0.2) is 4.98 Å². The monoisotopic (exact) mass is 224 g/mol. The van der Waals surface area contributed by atoms with Crippen LogP contribution in [0.5, 0.6) is 0 Å². The number of pyridine rings is 1. The third-order valence-electron chi connectivity index (χ3n) is 2.84. The zero-order chi connectivity index (χ0) is 11.7. The smallest absolute Gasteiger partial charge is 0.0954 e. The summed E-state index contributed by atoms with van der Waals surface area (Å²) in [4.78, 5) is 4.56. The van der Waals surface area contributed by atoms with Gasteiger partial charge in [-0.05, 0) is 18.2 Å². The number of rotatable bonds is 2. The fourth-order valence-electron chi connectivity index (χ4n) is 1.88. The van der Waals surface area contributed by atoms with Gasteiger partial charge in [0.1, 0.15) is 0 Å². The number of fused-ring (bicyclic) bond motifs is 1. The molecule has 1 unspecified atom stereocenters. The summed E-state index contributed by atoms with van der Waals surface area (Å²) in [5.41, 5.74) is 8.88. The number of para-hydroxylation sites is 1. The molecule has 3 aromatic rings. The first kappa shape index (κ1) is 10.1. The highest BCUT2D eigenvalue weighted by Crippen LogP contribution is 2.20. The minimum Gasteiger partial charge on any atom is -0.472 e. The molecule has 1 atom stereocenters. The van der Waals surface area contributed by atoms with E-state index in [2.05, 4.69) is 4.98 Å². The first-order chi connectivity index (χ1) is 8.34. The summed E-state index contributed by atoms with van der Waals surface area (Å²) in [6.45, 7) is 0. The molecule has 84 valence electrons. The van der Waals surface area contributed by atoms with Gasteiger partial charge in [-0.15, -0.1) is 0 Å². The van der Waals surface area contributed by atoms with Gasteiger partial charge in [-0.1, -0.05) is 24.3 Å². The van der Waals surface area contributed by atoms with Crippen molar-refractivity contribution in [3.8, 4) is 0 Å². The Morgan fingerprint density at radius 3 is 2.76 bits per heavy atom. The molecule has 0 aliphatic carbocycles. The molecule has 0 fully saturated rings. The van der Waals surface area contributed by atoms with Crippen molar-refractivity contribution in [2.45, 2.75) is 6.04 Å². The Kier molecular flexibility index (Phi) is 2.38. The Balaban J connectivity index is 2.06. The molecule has 3 nitrogen and oxygen atoms in total. The molecule has 0 radical (unpaired) electrons. The van der Waals surface area contributed by atoms with Crippen LogP contribution < -0.4 is 5.73 Å². The predicted molar refractivity (Wildman–Crippen MR) is 66.5 cm³/mol. The zero-order valence-electron chi connectivity index (χ0n) is 9.21. The van der Waals surface area contributed by atoms with Gasteiger partial charge in [0.2, 0.25) is 0 Å². The molecule has 2 heterocycles. The summed E-state index contributed by atoms with van der Waals surface area (Å²) in [6, 6.07) is 13.6. The van der Waals surface area contributed by atoms with Gasteiger partial charge < -0.3 is 10.2 Å². The van der Waals surface area contributed by atoms with Crippen molar-refractivity contribution in [1.29, 1.82) is 0 Å². The Hall–Kier alpha value is -2.13. The van der Waals surface area contributed by atoms with Crippen molar-refractivity contribution in [3.05, 3.63) is 66.2 Å². The van der Waals surface area contributed by atoms with E-state index < -0.39 is 0 Å². The molecule has 17 heavy (non-hydrogen) atoms. The van der Waals surface area contributed by atoms with E-state index in [1.165, 1.54) is 0 Å². The van der Waals surface area contributed by atoms with Gasteiger partial charge in [0.25, 0.3) is 0 Å². The predicted octanol–water partition coefficient (Wildman–Crippen LogP) is 2.88. The van der Waals surface area contributed by atoms with Crippen molar-refractivity contribution in [2.24, 2.45) is 5.73 Å². The van der Waals surface area contributed by atoms with E-state index in [9.17, 15) is 0 Å². The second kappa shape index (κ2) is 4.03. The SMILES string of the molecule is NC(c1ccoc1)c1ccc2ccccc2n1. The molecule has 0 aliphatic heterocycles. The van der Waals surface area contributed by atoms with Crippen molar-refractivity contribution in [1.82, 2.24) is 4.98 Å². The van der Waals surface area contributed by atoms with E-state index in [0.717, 1.165) is 22.2 Å². The van der Waals surface area contributed by atoms with E-state index >= 15 is 0 Å². The van der Waals surface area contributed by atoms with Gasteiger partial charge in [0, 0.05) is 10.9 Å². The molecule has 0 amide bonds. The van der Waals surface area contributed by atoms with E-state index in [1.54, 1.807) is 12.5 Å². The van der Waals surface area contributed by atoms with E-state index in [1.807, 2.05) is 42.5 Å². The van der Waals surface area contributed by atoms with Crippen LogP contribution in [0.15, 0.2) is 59.4 Å².